The molecule has 0 bridgehead atoms. The first kappa shape index (κ1) is 8.08. The zero-order valence-corrected chi connectivity index (χ0v) is 7.02. The van der Waals surface area contributed by atoms with E-state index in [1.807, 2.05) is 26.0 Å². The number of nitrogens with two attached hydrogens (primary N) is 2. The first-order valence-corrected chi connectivity index (χ1v) is 3.71. The van der Waals surface area contributed by atoms with Crippen LogP contribution >= 0.6 is 0 Å². The largest absolute Gasteiger partial charge is 0.398 e. The van der Waals surface area contributed by atoms with Crippen LogP contribution in [0.5, 0.6) is 0 Å². The zero-order valence-electron chi connectivity index (χ0n) is 7.02. The summed E-state index contributed by atoms with van der Waals surface area (Å²) in [5.41, 5.74) is 15.6. The Morgan fingerprint density at radius 3 is 2.45 bits per heavy atom. The third-order valence-electron chi connectivity index (χ3n) is 2.06. The van der Waals surface area contributed by atoms with Crippen molar-refractivity contribution in [1.29, 1.82) is 0 Å². The number of hydrogen-bond donors (Lipinski definition) is 2. The Hall–Kier alpha value is -1.02. The minimum absolute atomic E-state index is 0.566. The molecule has 2 heteroatoms. The van der Waals surface area contributed by atoms with E-state index in [2.05, 4.69) is 0 Å². The molecule has 4 N–H and O–H groups in total. The first-order chi connectivity index (χ1) is 5.16. The number of benzene rings is 1. The van der Waals surface area contributed by atoms with Crippen molar-refractivity contribution in [2.24, 2.45) is 5.73 Å². The molecule has 0 saturated heterocycles. The average molecular weight is 150 g/mol. The average Bonchev–Trinajstić information content (AvgIpc) is 2.01. The smallest absolute Gasteiger partial charge is 0.0376 e. The van der Waals surface area contributed by atoms with Gasteiger partial charge in [0.2, 0.25) is 0 Å². The third-order valence-corrected chi connectivity index (χ3v) is 2.06. The van der Waals surface area contributed by atoms with Gasteiger partial charge in [-0.2, -0.15) is 0 Å². The van der Waals surface area contributed by atoms with Gasteiger partial charge in [0, 0.05) is 12.2 Å². The number of anilines is 1. The van der Waals surface area contributed by atoms with E-state index in [4.69, 9.17) is 11.5 Å². The van der Waals surface area contributed by atoms with Crippen molar-refractivity contribution in [2.45, 2.75) is 20.4 Å². The van der Waals surface area contributed by atoms with Crippen LogP contribution in [0.25, 0.3) is 0 Å². The van der Waals surface area contributed by atoms with Crippen molar-refractivity contribution in [2.75, 3.05) is 5.73 Å². The predicted molar refractivity (Wildman–Crippen MR) is 48.2 cm³/mol. The van der Waals surface area contributed by atoms with Gasteiger partial charge in [0.05, 0.1) is 0 Å². The van der Waals surface area contributed by atoms with Gasteiger partial charge in [-0.15, -0.1) is 0 Å². The maximum atomic E-state index is 5.80. The number of nitrogen functional groups attached to an aromatic ring is 1. The van der Waals surface area contributed by atoms with E-state index in [0.29, 0.717) is 6.54 Å². The molecule has 0 amide bonds. The summed E-state index contributed by atoms with van der Waals surface area (Å²) < 4.78 is 0. The lowest BCUT2D eigenvalue weighted by Crippen LogP contribution is -2.03. The number of rotatable bonds is 1. The summed E-state index contributed by atoms with van der Waals surface area (Å²) in [4.78, 5) is 0. The molecule has 2 nitrogen and oxygen atoms in total. The molecule has 1 rings (SSSR count). The molecule has 0 aromatic heterocycles. The van der Waals surface area contributed by atoms with E-state index in [1.165, 1.54) is 0 Å². The van der Waals surface area contributed by atoms with Crippen LogP contribution in [0.15, 0.2) is 12.1 Å². The summed E-state index contributed by atoms with van der Waals surface area (Å²) >= 11 is 0. The van der Waals surface area contributed by atoms with Crippen LogP contribution in [0.1, 0.15) is 16.7 Å². The number of aryl methyl sites for hydroxylation is 1. The summed E-state index contributed by atoms with van der Waals surface area (Å²) in [5.74, 6) is 0. The normalized spacial score (nSPS) is 10.1. The lowest BCUT2D eigenvalue weighted by molar-refractivity contribution is 1.05. The Balaban J connectivity index is 3.25. The van der Waals surface area contributed by atoms with E-state index >= 15 is 0 Å². The molecule has 60 valence electrons. The van der Waals surface area contributed by atoms with Crippen molar-refractivity contribution in [3.05, 3.63) is 28.8 Å². The quantitative estimate of drug-likeness (QED) is 0.594. The van der Waals surface area contributed by atoms with Crippen LogP contribution in [0.3, 0.4) is 0 Å². The van der Waals surface area contributed by atoms with Gasteiger partial charge in [-0.25, -0.2) is 0 Å². The molecule has 0 heterocycles. The standard InChI is InChI=1S/C9H14N2/c1-6-3-4-8(5-10)7(2)9(6)11/h3-4H,5,10-11H2,1-2H3. The van der Waals surface area contributed by atoms with Crippen molar-refractivity contribution in [3.8, 4) is 0 Å². The highest BCUT2D eigenvalue weighted by molar-refractivity contribution is 5.55. The molecule has 0 aliphatic rings. The first-order valence-electron chi connectivity index (χ1n) is 3.71. The second-order valence-corrected chi connectivity index (χ2v) is 2.78. The van der Waals surface area contributed by atoms with Gasteiger partial charge >= 0.3 is 0 Å². The van der Waals surface area contributed by atoms with Crippen LogP contribution in [-0.2, 0) is 6.54 Å². The fourth-order valence-electron chi connectivity index (χ4n) is 1.13. The fourth-order valence-corrected chi connectivity index (χ4v) is 1.13. The predicted octanol–water partition coefficient (Wildman–Crippen LogP) is 1.34. The second-order valence-electron chi connectivity index (χ2n) is 2.78. The Morgan fingerprint density at radius 2 is 1.91 bits per heavy atom. The van der Waals surface area contributed by atoms with Crippen LogP contribution in [0.4, 0.5) is 5.69 Å². The zero-order chi connectivity index (χ0) is 8.43. The molecule has 11 heavy (non-hydrogen) atoms. The molecule has 0 radical (unpaired) electrons. The Kier molecular flexibility index (Phi) is 2.15. The van der Waals surface area contributed by atoms with Crippen LogP contribution < -0.4 is 11.5 Å². The van der Waals surface area contributed by atoms with Gasteiger partial charge in [-0.3, -0.25) is 0 Å². The topological polar surface area (TPSA) is 52.0 Å². The monoisotopic (exact) mass is 150 g/mol. The van der Waals surface area contributed by atoms with Gasteiger partial charge in [-0.05, 0) is 30.5 Å². The molecule has 0 saturated carbocycles. The van der Waals surface area contributed by atoms with E-state index in [-0.39, 0.29) is 0 Å². The lowest BCUT2D eigenvalue weighted by Gasteiger charge is -2.08. The maximum absolute atomic E-state index is 5.80. The van der Waals surface area contributed by atoms with Gasteiger partial charge in [-0.1, -0.05) is 12.1 Å². The summed E-state index contributed by atoms with van der Waals surface area (Å²) in [7, 11) is 0. The van der Waals surface area contributed by atoms with Crippen molar-refractivity contribution >= 4 is 5.69 Å². The van der Waals surface area contributed by atoms with Crippen LogP contribution in [0, 0.1) is 13.8 Å². The lowest BCUT2D eigenvalue weighted by atomic mass is 10.0. The molecule has 0 spiro atoms. The Bertz CT molecular complexity index is 267. The van der Waals surface area contributed by atoms with Gasteiger partial charge in [0.1, 0.15) is 0 Å². The molecule has 1 aromatic rings. The minimum atomic E-state index is 0.566. The molecule has 0 aliphatic heterocycles. The third kappa shape index (κ3) is 1.35. The van der Waals surface area contributed by atoms with Crippen LogP contribution in [0.2, 0.25) is 0 Å². The highest BCUT2D eigenvalue weighted by Crippen LogP contribution is 2.19. The van der Waals surface area contributed by atoms with Gasteiger partial charge < -0.3 is 11.5 Å². The van der Waals surface area contributed by atoms with Crippen molar-refractivity contribution in [1.82, 2.24) is 0 Å². The second kappa shape index (κ2) is 2.93. The molecule has 0 unspecified atom stereocenters. The molecule has 0 aliphatic carbocycles. The van der Waals surface area contributed by atoms with Gasteiger partial charge in [0.15, 0.2) is 0 Å². The summed E-state index contributed by atoms with van der Waals surface area (Å²) in [6.45, 7) is 4.57. The Labute approximate surface area is 67.2 Å². The molecular weight excluding hydrogens is 136 g/mol. The van der Waals surface area contributed by atoms with E-state index in [0.717, 1.165) is 22.4 Å². The highest BCUT2D eigenvalue weighted by Gasteiger charge is 2.01. The highest BCUT2D eigenvalue weighted by atomic mass is 14.6. The molecular formula is C9H14N2. The van der Waals surface area contributed by atoms with Crippen molar-refractivity contribution < 1.29 is 0 Å². The van der Waals surface area contributed by atoms with E-state index in [9.17, 15) is 0 Å². The molecule has 1 aromatic carbocycles. The van der Waals surface area contributed by atoms with E-state index in [1.54, 1.807) is 0 Å². The SMILES string of the molecule is Cc1ccc(CN)c(C)c1N. The maximum Gasteiger partial charge on any atom is 0.0376 e. The number of hydrogen-bond acceptors (Lipinski definition) is 2. The summed E-state index contributed by atoms with van der Waals surface area (Å²) in [6.07, 6.45) is 0. The fraction of sp³-hybridized carbons (Fsp3) is 0.333. The molecule has 0 fully saturated rings. The van der Waals surface area contributed by atoms with Crippen molar-refractivity contribution in [3.63, 3.8) is 0 Å². The Morgan fingerprint density at radius 1 is 1.27 bits per heavy atom. The van der Waals surface area contributed by atoms with Gasteiger partial charge in [0.25, 0.3) is 0 Å². The molecule has 0 atom stereocenters. The minimum Gasteiger partial charge on any atom is -0.398 e. The van der Waals surface area contributed by atoms with E-state index < -0.39 is 0 Å². The summed E-state index contributed by atoms with van der Waals surface area (Å²) in [6, 6.07) is 4.03. The van der Waals surface area contributed by atoms with Crippen LogP contribution in [-0.4, -0.2) is 0 Å². The summed E-state index contributed by atoms with van der Waals surface area (Å²) in [5, 5.41) is 0.